The third-order valence-corrected chi connectivity index (χ3v) is 6.07. The first-order valence-corrected chi connectivity index (χ1v) is 8.15. The lowest BCUT2D eigenvalue weighted by molar-refractivity contribution is 0.0400. The molecule has 1 aliphatic heterocycles. The maximum absolute atomic E-state index is 12.7. The van der Waals surface area contributed by atoms with Crippen LogP contribution < -0.4 is 5.73 Å². The van der Waals surface area contributed by atoms with Gasteiger partial charge in [-0.2, -0.15) is 9.40 Å². The zero-order valence-electron chi connectivity index (χ0n) is 11.9. The van der Waals surface area contributed by atoms with Gasteiger partial charge < -0.3 is 10.5 Å². The number of hydrogen-bond acceptors (Lipinski definition) is 5. The third-order valence-electron chi connectivity index (χ3n) is 3.61. The summed E-state index contributed by atoms with van der Waals surface area (Å²) in [6, 6.07) is -0.287. The second kappa shape index (κ2) is 7.26. The molecule has 0 amide bonds. The molecule has 2 atom stereocenters. The Hall–Kier alpha value is -0.380. The highest BCUT2D eigenvalue weighted by Gasteiger charge is 2.38. The zero-order valence-corrected chi connectivity index (χ0v) is 14.3. The Labute approximate surface area is 135 Å². The largest absolute Gasteiger partial charge is 0.381 e. The highest BCUT2D eigenvalue weighted by Crippen LogP contribution is 2.29. The van der Waals surface area contributed by atoms with Gasteiger partial charge in [-0.3, -0.25) is 4.68 Å². The molecule has 1 fully saturated rings. The van der Waals surface area contributed by atoms with E-state index in [2.05, 4.69) is 5.10 Å². The Morgan fingerprint density at radius 1 is 1.57 bits per heavy atom. The minimum atomic E-state index is -3.71. The molecule has 21 heavy (non-hydrogen) atoms. The summed E-state index contributed by atoms with van der Waals surface area (Å²) in [4.78, 5) is 0. The van der Waals surface area contributed by atoms with Crippen molar-refractivity contribution in [3.63, 3.8) is 0 Å². The van der Waals surface area contributed by atoms with E-state index < -0.39 is 10.0 Å². The monoisotopic (exact) mass is 358 g/mol. The van der Waals surface area contributed by atoms with E-state index in [1.807, 2.05) is 0 Å². The lowest BCUT2D eigenvalue weighted by Crippen LogP contribution is -2.51. The van der Waals surface area contributed by atoms with Crippen molar-refractivity contribution in [1.82, 2.24) is 14.1 Å². The van der Waals surface area contributed by atoms with E-state index in [4.69, 9.17) is 22.1 Å². The molecule has 10 heteroatoms. The van der Waals surface area contributed by atoms with Crippen LogP contribution in [0.15, 0.2) is 11.2 Å². The molecule has 2 rings (SSSR count). The van der Waals surface area contributed by atoms with E-state index in [9.17, 15) is 8.42 Å². The number of ether oxygens (including phenoxy) is 1. The van der Waals surface area contributed by atoms with Gasteiger partial charge in [0.1, 0.15) is 0 Å². The molecule has 0 radical (unpaired) electrons. The SMILES string of the molecule is COC1CCN(S(=O)(=O)c2c(Cl)cnn2C)C(CN)C1.Cl. The lowest BCUT2D eigenvalue weighted by Gasteiger charge is -2.37. The summed E-state index contributed by atoms with van der Waals surface area (Å²) < 4.78 is 33.5. The molecule has 1 aromatic rings. The first-order chi connectivity index (χ1) is 9.41. The van der Waals surface area contributed by atoms with Crippen molar-refractivity contribution < 1.29 is 13.2 Å². The van der Waals surface area contributed by atoms with Gasteiger partial charge in [0.2, 0.25) is 0 Å². The van der Waals surface area contributed by atoms with E-state index >= 15 is 0 Å². The molecular formula is C11H20Cl2N4O3S. The fraction of sp³-hybridized carbons (Fsp3) is 0.727. The molecule has 0 spiro atoms. The molecule has 1 saturated heterocycles. The van der Waals surface area contributed by atoms with Gasteiger partial charge in [-0.15, -0.1) is 12.4 Å². The molecule has 2 unspecified atom stereocenters. The van der Waals surface area contributed by atoms with Gasteiger partial charge in [-0.1, -0.05) is 11.6 Å². The number of sulfonamides is 1. The first-order valence-electron chi connectivity index (χ1n) is 6.34. The van der Waals surface area contributed by atoms with Crippen molar-refractivity contribution >= 4 is 34.0 Å². The molecule has 0 bridgehead atoms. The summed E-state index contributed by atoms with van der Waals surface area (Å²) >= 11 is 5.95. The number of halogens is 2. The number of nitrogens with zero attached hydrogens (tertiary/aromatic N) is 3. The number of rotatable bonds is 4. The molecule has 7 nitrogen and oxygen atoms in total. The van der Waals surface area contributed by atoms with Crippen LogP contribution in [0.3, 0.4) is 0 Å². The number of hydrogen-bond donors (Lipinski definition) is 1. The van der Waals surface area contributed by atoms with Crippen LogP contribution in [0.25, 0.3) is 0 Å². The topological polar surface area (TPSA) is 90.5 Å². The number of methoxy groups -OCH3 is 1. The van der Waals surface area contributed by atoms with Crippen LogP contribution in [0, 0.1) is 0 Å². The van der Waals surface area contributed by atoms with E-state index in [1.54, 1.807) is 14.2 Å². The Morgan fingerprint density at radius 2 is 2.24 bits per heavy atom. The molecule has 0 aliphatic carbocycles. The summed E-state index contributed by atoms with van der Waals surface area (Å²) in [7, 11) is -0.528. The third kappa shape index (κ3) is 3.52. The Balaban J connectivity index is 0.00000220. The average molecular weight is 359 g/mol. The summed E-state index contributed by atoms with van der Waals surface area (Å²) in [6.07, 6.45) is 2.59. The van der Waals surface area contributed by atoms with Crippen LogP contribution in [0.4, 0.5) is 0 Å². The number of aromatic nitrogens is 2. The number of nitrogens with two attached hydrogens (primary N) is 1. The average Bonchev–Trinajstić information content (AvgIpc) is 2.77. The molecule has 1 aromatic heterocycles. The Bertz CT molecular complexity index is 559. The van der Waals surface area contributed by atoms with Crippen molar-refractivity contribution in [3.8, 4) is 0 Å². The van der Waals surface area contributed by atoms with Gasteiger partial charge in [0.25, 0.3) is 10.0 Å². The number of aryl methyl sites for hydroxylation is 1. The first kappa shape index (κ1) is 18.7. The van der Waals surface area contributed by atoms with Crippen LogP contribution in [0.5, 0.6) is 0 Å². The van der Waals surface area contributed by atoms with Crippen molar-refractivity contribution in [2.45, 2.75) is 30.0 Å². The minimum Gasteiger partial charge on any atom is -0.381 e. The van der Waals surface area contributed by atoms with Crippen molar-refractivity contribution in [2.24, 2.45) is 12.8 Å². The fourth-order valence-corrected chi connectivity index (χ4v) is 4.81. The molecule has 2 heterocycles. The Kier molecular flexibility index (Phi) is 6.45. The van der Waals surface area contributed by atoms with Crippen molar-refractivity contribution in [1.29, 1.82) is 0 Å². The molecule has 0 aromatic carbocycles. The van der Waals surface area contributed by atoms with Crippen LogP contribution in [-0.2, 0) is 21.8 Å². The van der Waals surface area contributed by atoms with Crippen LogP contribution in [0.2, 0.25) is 5.02 Å². The van der Waals surface area contributed by atoms with Crippen LogP contribution >= 0.6 is 24.0 Å². The molecule has 122 valence electrons. The van der Waals surface area contributed by atoms with Gasteiger partial charge in [-0.05, 0) is 12.8 Å². The fourth-order valence-electron chi connectivity index (χ4n) is 2.54. The maximum atomic E-state index is 12.7. The molecule has 1 aliphatic rings. The van der Waals surface area contributed by atoms with Crippen molar-refractivity contribution in [2.75, 3.05) is 20.2 Å². The summed E-state index contributed by atoms with van der Waals surface area (Å²) in [6.45, 7) is 0.610. The summed E-state index contributed by atoms with van der Waals surface area (Å²) in [5.41, 5.74) is 5.72. The summed E-state index contributed by atoms with van der Waals surface area (Å²) in [5.74, 6) is 0. The van der Waals surface area contributed by atoms with Gasteiger partial charge >= 0.3 is 0 Å². The standard InChI is InChI=1S/C11H19ClN4O3S.ClH/c1-15-11(10(12)7-14-15)20(17,18)16-4-3-9(19-2)5-8(16)6-13;/h7-9H,3-6,13H2,1-2H3;1H. The van der Waals surface area contributed by atoms with Gasteiger partial charge in [0.15, 0.2) is 5.03 Å². The van der Waals surface area contributed by atoms with E-state index in [0.717, 1.165) is 0 Å². The zero-order chi connectivity index (χ0) is 14.9. The molecule has 0 saturated carbocycles. The second-order valence-corrected chi connectivity index (χ2v) is 7.02. The smallest absolute Gasteiger partial charge is 0.262 e. The quantitative estimate of drug-likeness (QED) is 0.851. The van der Waals surface area contributed by atoms with Crippen LogP contribution in [0.1, 0.15) is 12.8 Å². The Morgan fingerprint density at radius 3 is 2.71 bits per heavy atom. The highest BCUT2D eigenvalue weighted by molar-refractivity contribution is 7.89. The van der Waals surface area contributed by atoms with E-state index in [1.165, 1.54) is 15.2 Å². The number of piperidine rings is 1. The summed E-state index contributed by atoms with van der Waals surface area (Å²) in [5, 5.41) is 4.01. The van der Waals surface area contributed by atoms with E-state index in [0.29, 0.717) is 19.4 Å². The van der Waals surface area contributed by atoms with Crippen LogP contribution in [-0.4, -0.2) is 54.8 Å². The van der Waals surface area contributed by atoms with Gasteiger partial charge in [-0.25, -0.2) is 8.42 Å². The normalized spacial score (nSPS) is 23.8. The maximum Gasteiger partial charge on any atom is 0.262 e. The van der Waals surface area contributed by atoms with Gasteiger partial charge in [0, 0.05) is 33.3 Å². The van der Waals surface area contributed by atoms with E-state index in [-0.39, 0.29) is 41.1 Å². The predicted octanol–water partition coefficient (Wildman–Crippen LogP) is 0.622. The van der Waals surface area contributed by atoms with Crippen molar-refractivity contribution in [3.05, 3.63) is 11.2 Å². The minimum absolute atomic E-state index is 0. The van der Waals surface area contributed by atoms with Gasteiger partial charge in [0.05, 0.1) is 17.3 Å². The lowest BCUT2D eigenvalue weighted by atomic mass is 10.0. The molecule has 2 N–H and O–H groups in total. The predicted molar refractivity (Wildman–Crippen MR) is 82.2 cm³/mol. The second-order valence-electron chi connectivity index (χ2n) is 4.81. The highest BCUT2D eigenvalue weighted by atomic mass is 35.5. The molecular weight excluding hydrogens is 339 g/mol.